The van der Waals surface area contributed by atoms with Crippen LogP contribution in [0.1, 0.15) is 0 Å². The van der Waals surface area contributed by atoms with E-state index in [9.17, 15) is 9.18 Å². The van der Waals surface area contributed by atoms with Gasteiger partial charge in [-0.2, -0.15) is 0 Å². The lowest BCUT2D eigenvalue weighted by molar-refractivity contribution is 0.192. The van der Waals surface area contributed by atoms with Crippen LogP contribution < -0.4 is 15.0 Å². The number of benzene rings is 2. The minimum Gasteiger partial charge on any atom is -0.497 e. The fourth-order valence-electron chi connectivity index (χ4n) is 2.41. The molecule has 0 aliphatic rings. The molecule has 0 saturated heterocycles. The van der Waals surface area contributed by atoms with Crippen LogP contribution in [-0.2, 0) is 0 Å². The fraction of sp³-hybridized carbons (Fsp3) is 0.105. The van der Waals surface area contributed by atoms with Gasteiger partial charge in [0.1, 0.15) is 11.5 Å². The molecule has 0 radical (unpaired) electrons. The van der Waals surface area contributed by atoms with E-state index in [-0.39, 0.29) is 5.56 Å². The Hall–Kier alpha value is -3.08. The lowest BCUT2D eigenvalue weighted by Crippen LogP contribution is -2.16. The molecule has 2 aromatic carbocycles. The molecule has 0 amide bonds. The Bertz CT molecular complexity index is 870. The summed E-state index contributed by atoms with van der Waals surface area (Å²) >= 11 is 0. The number of rotatable bonds is 5. The Morgan fingerprint density at radius 2 is 1.50 bits per heavy atom. The third kappa shape index (κ3) is 3.30. The van der Waals surface area contributed by atoms with Crippen molar-refractivity contribution in [1.82, 2.24) is 4.57 Å². The molecule has 1 aromatic heterocycles. The predicted octanol–water partition coefficient (Wildman–Crippen LogP) is 3.82. The SMILES string of the molecule is COc1ccc(-c2ccc(=O)n(-c3ccc(OCF)cc3)c2)cc1. The molecule has 122 valence electrons. The van der Waals surface area contributed by atoms with Gasteiger partial charge in [0.15, 0.2) is 0 Å². The smallest absolute Gasteiger partial charge is 0.255 e. The van der Waals surface area contributed by atoms with E-state index in [1.807, 2.05) is 24.3 Å². The van der Waals surface area contributed by atoms with Gasteiger partial charge in [-0.1, -0.05) is 12.1 Å². The molecular formula is C19H16FNO3. The summed E-state index contributed by atoms with van der Waals surface area (Å²) in [5.74, 6) is 1.19. The highest BCUT2D eigenvalue weighted by Crippen LogP contribution is 2.22. The zero-order valence-electron chi connectivity index (χ0n) is 13.1. The molecular weight excluding hydrogens is 309 g/mol. The first-order valence-electron chi connectivity index (χ1n) is 7.37. The zero-order valence-corrected chi connectivity index (χ0v) is 13.1. The maximum absolute atomic E-state index is 12.2. The van der Waals surface area contributed by atoms with Gasteiger partial charge in [-0.3, -0.25) is 9.36 Å². The Balaban J connectivity index is 1.97. The summed E-state index contributed by atoms with van der Waals surface area (Å²) in [6.07, 6.45) is 1.77. The van der Waals surface area contributed by atoms with Crippen molar-refractivity contribution >= 4 is 0 Å². The Morgan fingerprint density at radius 3 is 2.12 bits per heavy atom. The summed E-state index contributed by atoms with van der Waals surface area (Å²) in [5.41, 5.74) is 2.41. The third-order valence-corrected chi connectivity index (χ3v) is 3.67. The standard InChI is InChI=1S/C19H16FNO3/c1-23-17-7-2-14(3-8-17)15-4-11-19(22)21(12-15)16-5-9-18(10-6-16)24-13-20/h2-12H,13H2,1H3. The molecule has 0 saturated carbocycles. The molecule has 3 aromatic rings. The van der Waals surface area contributed by atoms with Crippen LogP contribution in [0.25, 0.3) is 16.8 Å². The number of hydrogen-bond donors (Lipinski definition) is 0. The van der Waals surface area contributed by atoms with Crippen LogP contribution >= 0.6 is 0 Å². The van der Waals surface area contributed by atoms with Gasteiger partial charge in [-0.15, -0.1) is 0 Å². The monoisotopic (exact) mass is 325 g/mol. The number of halogens is 1. The van der Waals surface area contributed by atoms with Gasteiger partial charge in [0.25, 0.3) is 5.56 Å². The highest BCUT2D eigenvalue weighted by Gasteiger charge is 2.05. The van der Waals surface area contributed by atoms with Gasteiger partial charge in [-0.05, 0) is 53.6 Å². The fourth-order valence-corrected chi connectivity index (χ4v) is 2.41. The van der Waals surface area contributed by atoms with E-state index in [2.05, 4.69) is 0 Å². The van der Waals surface area contributed by atoms with Crippen molar-refractivity contribution in [2.45, 2.75) is 0 Å². The van der Waals surface area contributed by atoms with Crippen LogP contribution in [0.3, 0.4) is 0 Å². The summed E-state index contributed by atoms with van der Waals surface area (Å²) in [6, 6.07) is 17.6. The van der Waals surface area contributed by atoms with Crippen LogP contribution in [0.5, 0.6) is 11.5 Å². The number of alkyl halides is 1. The average Bonchev–Trinajstić information content (AvgIpc) is 2.63. The number of aromatic nitrogens is 1. The Morgan fingerprint density at radius 1 is 0.875 bits per heavy atom. The van der Waals surface area contributed by atoms with E-state index in [1.165, 1.54) is 6.07 Å². The van der Waals surface area contributed by atoms with Gasteiger partial charge in [-0.25, -0.2) is 4.39 Å². The highest BCUT2D eigenvalue weighted by atomic mass is 19.1. The maximum atomic E-state index is 12.2. The highest BCUT2D eigenvalue weighted by molar-refractivity contribution is 5.63. The third-order valence-electron chi connectivity index (χ3n) is 3.67. The second-order valence-corrected chi connectivity index (χ2v) is 5.10. The van der Waals surface area contributed by atoms with Crippen LogP contribution in [-0.4, -0.2) is 18.5 Å². The number of hydrogen-bond acceptors (Lipinski definition) is 3. The number of methoxy groups -OCH3 is 1. The van der Waals surface area contributed by atoms with Crippen molar-refractivity contribution in [1.29, 1.82) is 0 Å². The molecule has 0 spiro atoms. The first kappa shape index (κ1) is 15.8. The van der Waals surface area contributed by atoms with Crippen LogP contribution in [0.2, 0.25) is 0 Å². The minimum atomic E-state index is -0.883. The molecule has 0 unspecified atom stereocenters. The number of nitrogens with zero attached hydrogens (tertiary/aromatic N) is 1. The number of ether oxygens (including phenoxy) is 2. The first-order chi connectivity index (χ1) is 11.7. The molecule has 5 heteroatoms. The van der Waals surface area contributed by atoms with E-state index in [4.69, 9.17) is 9.47 Å². The topological polar surface area (TPSA) is 40.5 Å². The lowest BCUT2D eigenvalue weighted by Gasteiger charge is -2.10. The largest absolute Gasteiger partial charge is 0.497 e. The molecule has 0 aliphatic carbocycles. The Labute approximate surface area is 138 Å². The van der Waals surface area contributed by atoms with Crippen molar-refractivity contribution in [2.75, 3.05) is 14.0 Å². The quantitative estimate of drug-likeness (QED) is 0.716. The van der Waals surface area contributed by atoms with Crippen molar-refractivity contribution in [3.05, 3.63) is 77.2 Å². The minimum absolute atomic E-state index is 0.147. The van der Waals surface area contributed by atoms with Gasteiger partial charge in [0, 0.05) is 18.0 Å². The van der Waals surface area contributed by atoms with Crippen molar-refractivity contribution in [2.24, 2.45) is 0 Å². The zero-order chi connectivity index (χ0) is 16.9. The van der Waals surface area contributed by atoms with E-state index >= 15 is 0 Å². The average molecular weight is 325 g/mol. The molecule has 0 aliphatic heterocycles. The van der Waals surface area contributed by atoms with Gasteiger partial charge < -0.3 is 9.47 Å². The van der Waals surface area contributed by atoms with E-state index in [0.717, 1.165) is 16.9 Å². The summed E-state index contributed by atoms with van der Waals surface area (Å²) in [7, 11) is 1.62. The molecule has 0 atom stereocenters. The summed E-state index contributed by atoms with van der Waals surface area (Å²) < 4.78 is 23.6. The molecule has 0 fully saturated rings. The summed E-state index contributed by atoms with van der Waals surface area (Å²) in [6.45, 7) is -0.883. The normalized spacial score (nSPS) is 10.4. The van der Waals surface area contributed by atoms with Gasteiger partial charge >= 0.3 is 0 Å². The molecule has 0 bridgehead atoms. The summed E-state index contributed by atoms with van der Waals surface area (Å²) in [5, 5.41) is 0. The van der Waals surface area contributed by atoms with Crippen molar-refractivity contribution in [3.8, 4) is 28.3 Å². The molecule has 4 nitrogen and oxygen atoms in total. The van der Waals surface area contributed by atoms with Crippen molar-refractivity contribution in [3.63, 3.8) is 0 Å². The van der Waals surface area contributed by atoms with E-state index in [0.29, 0.717) is 11.4 Å². The van der Waals surface area contributed by atoms with Gasteiger partial charge in [0.05, 0.1) is 7.11 Å². The molecule has 0 N–H and O–H groups in total. The Kier molecular flexibility index (Phi) is 4.61. The van der Waals surface area contributed by atoms with E-state index in [1.54, 1.807) is 48.2 Å². The second kappa shape index (κ2) is 7.00. The molecule has 1 heterocycles. The lowest BCUT2D eigenvalue weighted by atomic mass is 10.1. The molecule has 3 rings (SSSR count). The molecule has 24 heavy (non-hydrogen) atoms. The van der Waals surface area contributed by atoms with Gasteiger partial charge in [0.2, 0.25) is 6.86 Å². The predicted molar refractivity (Wildman–Crippen MR) is 90.6 cm³/mol. The second-order valence-electron chi connectivity index (χ2n) is 5.10. The maximum Gasteiger partial charge on any atom is 0.255 e. The van der Waals surface area contributed by atoms with E-state index < -0.39 is 6.86 Å². The van der Waals surface area contributed by atoms with Crippen molar-refractivity contribution < 1.29 is 13.9 Å². The van der Waals surface area contributed by atoms with Crippen LogP contribution in [0.15, 0.2) is 71.7 Å². The van der Waals surface area contributed by atoms with Crippen LogP contribution in [0.4, 0.5) is 4.39 Å². The van der Waals surface area contributed by atoms with Crippen LogP contribution in [0, 0.1) is 0 Å². The summed E-state index contributed by atoms with van der Waals surface area (Å²) in [4.78, 5) is 12.2. The number of pyridine rings is 1. The first-order valence-corrected chi connectivity index (χ1v) is 7.37.